The molecule has 12 nitrogen and oxygen atoms in total. The normalized spacial score (nSPS) is 13.0. The van der Waals surface area contributed by atoms with Crippen LogP contribution in [0.2, 0.25) is 0 Å². The van der Waals surface area contributed by atoms with Crippen LogP contribution in [-0.4, -0.2) is 97.4 Å². The molecular formula is C24H36N6O6S. The average molecular weight is 537 g/mol. The number of thioether (sulfide) groups is 1. The Balaban J connectivity index is 2.30. The number of nitro benzene ring substituents is 2. The molecule has 0 heterocycles. The van der Waals surface area contributed by atoms with Crippen LogP contribution in [0.3, 0.4) is 0 Å². The number of rotatable bonds is 16. The van der Waals surface area contributed by atoms with Crippen LogP contribution in [0.25, 0.3) is 0 Å². The molecule has 0 aliphatic rings. The zero-order valence-electron chi connectivity index (χ0n) is 21.6. The number of aliphatic hydroxyl groups is 2. The highest BCUT2D eigenvalue weighted by atomic mass is 32.2. The first-order valence-corrected chi connectivity index (χ1v) is 12.7. The van der Waals surface area contributed by atoms with Gasteiger partial charge in [0.05, 0.1) is 33.6 Å². The number of hydrogen-bond donors (Lipinski definition) is 4. The Morgan fingerprint density at radius 1 is 0.784 bits per heavy atom. The van der Waals surface area contributed by atoms with Crippen molar-refractivity contribution in [1.82, 2.24) is 9.80 Å². The SMILES string of the molecule is CN(C)CCNc1cc(C(CO)SC(CO)c2ccc([N+](=O)[O-])c(NCCN(C)C)c2)ccc1[N+](=O)[O-]. The van der Waals surface area contributed by atoms with Crippen LogP contribution in [0, 0.1) is 20.2 Å². The van der Waals surface area contributed by atoms with Crippen molar-refractivity contribution in [1.29, 1.82) is 0 Å². The number of nitro groups is 2. The summed E-state index contributed by atoms with van der Waals surface area (Å²) in [5, 5.41) is 48.5. The number of aliphatic hydroxyl groups excluding tert-OH is 2. The lowest BCUT2D eigenvalue weighted by Crippen LogP contribution is -2.21. The van der Waals surface area contributed by atoms with Crippen LogP contribution in [0.1, 0.15) is 21.6 Å². The first kappa shape index (κ1) is 30.3. The van der Waals surface area contributed by atoms with Crippen molar-refractivity contribution in [3.8, 4) is 0 Å². The molecule has 0 aliphatic heterocycles. The molecule has 2 aromatic carbocycles. The average Bonchev–Trinajstić information content (AvgIpc) is 2.84. The quantitative estimate of drug-likeness (QED) is 0.185. The molecule has 2 rings (SSSR count). The van der Waals surface area contributed by atoms with E-state index in [4.69, 9.17) is 0 Å². The number of hydrogen-bond acceptors (Lipinski definition) is 11. The second-order valence-electron chi connectivity index (χ2n) is 9.01. The molecule has 0 spiro atoms. The second-order valence-corrected chi connectivity index (χ2v) is 10.4. The summed E-state index contributed by atoms with van der Waals surface area (Å²) in [7, 11) is 7.62. The Morgan fingerprint density at radius 2 is 1.16 bits per heavy atom. The van der Waals surface area contributed by atoms with Crippen molar-refractivity contribution in [3.05, 3.63) is 67.8 Å². The fraction of sp³-hybridized carbons (Fsp3) is 0.500. The number of nitrogens with zero attached hydrogens (tertiary/aromatic N) is 4. The Hall–Kier alpha value is -2.97. The lowest BCUT2D eigenvalue weighted by Gasteiger charge is -2.23. The summed E-state index contributed by atoms with van der Waals surface area (Å²) in [6.07, 6.45) is 0. The largest absolute Gasteiger partial charge is 0.395 e. The van der Waals surface area contributed by atoms with Gasteiger partial charge in [0.2, 0.25) is 0 Å². The van der Waals surface area contributed by atoms with Gasteiger partial charge in [-0.05, 0) is 51.5 Å². The topological polar surface area (TPSA) is 157 Å². The molecule has 0 saturated carbocycles. The maximum absolute atomic E-state index is 11.5. The molecule has 2 unspecified atom stereocenters. The minimum Gasteiger partial charge on any atom is -0.395 e. The highest BCUT2D eigenvalue weighted by Crippen LogP contribution is 2.43. The van der Waals surface area contributed by atoms with Crippen molar-refractivity contribution >= 4 is 34.5 Å². The predicted octanol–water partition coefficient (Wildman–Crippen LogP) is 2.95. The molecule has 0 aliphatic carbocycles. The molecular weight excluding hydrogens is 500 g/mol. The summed E-state index contributed by atoms with van der Waals surface area (Å²) in [4.78, 5) is 26.0. The highest BCUT2D eigenvalue weighted by molar-refractivity contribution is 7.99. The highest BCUT2D eigenvalue weighted by Gasteiger charge is 2.24. The van der Waals surface area contributed by atoms with Gasteiger partial charge in [-0.1, -0.05) is 12.1 Å². The van der Waals surface area contributed by atoms with Crippen molar-refractivity contribution in [2.24, 2.45) is 0 Å². The second kappa shape index (κ2) is 14.7. The van der Waals surface area contributed by atoms with E-state index >= 15 is 0 Å². The lowest BCUT2D eigenvalue weighted by atomic mass is 10.1. The summed E-state index contributed by atoms with van der Waals surface area (Å²) >= 11 is 1.29. The summed E-state index contributed by atoms with van der Waals surface area (Å²) in [5.41, 5.74) is 1.90. The predicted molar refractivity (Wildman–Crippen MR) is 148 cm³/mol. The van der Waals surface area contributed by atoms with Gasteiger partial charge in [0, 0.05) is 38.3 Å². The van der Waals surface area contributed by atoms with Crippen LogP contribution in [0.4, 0.5) is 22.7 Å². The third-order valence-corrected chi connectivity index (χ3v) is 7.09. The van der Waals surface area contributed by atoms with Gasteiger partial charge >= 0.3 is 0 Å². The Labute approximate surface area is 221 Å². The van der Waals surface area contributed by atoms with E-state index in [1.165, 1.54) is 23.9 Å². The Bertz CT molecular complexity index is 973. The van der Waals surface area contributed by atoms with Crippen LogP contribution < -0.4 is 10.6 Å². The lowest BCUT2D eigenvalue weighted by molar-refractivity contribution is -0.384. The van der Waals surface area contributed by atoms with E-state index in [0.717, 1.165) is 0 Å². The number of likely N-dealkylation sites (N-methyl/N-ethyl adjacent to an activating group) is 2. The van der Waals surface area contributed by atoms with E-state index < -0.39 is 20.3 Å². The van der Waals surface area contributed by atoms with Crippen LogP contribution in [-0.2, 0) is 0 Å². The molecule has 4 N–H and O–H groups in total. The van der Waals surface area contributed by atoms with E-state index in [1.807, 2.05) is 38.0 Å². The molecule has 2 atom stereocenters. The van der Waals surface area contributed by atoms with Gasteiger partial charge in [0.15, 0.2) is 0 Å². The van der Waals surface area contributed by atoms with E-state index in [0.29, 0.717) is 48.7 Å². The fourth-order valence-electron chi connectivity index (χ4n) is 3.59. The molecule has 13 heteroatoms. The number of anilines is 2. The van der Waals surface area contributed by atoms with E-state index in [-0.39, 0.29) is 24.6 Å². The van der Waals surface area contributed by atoms with Crippen molar-refractivity contribution in [2.45, 2.75) is 10.5 Å². The summed E-state index contributed by atoms with van der Waals surface area (Å²) in [6, 6.07) is 9.32. The van der Waals surface area contributed by atoms with Gasteiger partial charge in [0.1, 0.15) is 11.4 Å². The third kappa shape index (κ3) is 9.13. The molecule has 0 saturated heterocycles. The summed E-state index contributed by atoms with van der Waals surface area (Å²) < 4.78 is 0. The van der Waals surface area contributed by atoms with E-state index in [9.17, 15) is 30.4 Å². The molecule has 0 aromatic heterocycles. The molecule has 37 heavy (non-hydrogen) atoms. The van der Waals surface area contributed by atoms with E-state index in [1.54, 1.807) is 24.3 Å². The summed E-state index contributed by atoms with van der Waals surface area (Å²) in [6.45, 7) is 1.82. The zero-order valence-corrected chi connectivity index (χ0v) is 22.4. The fourth-order valence-corrected chi connectivity index (χ4v) is 4.77. The van der Waals surface area contributed by atoms with Crippen LogP contribution >= 0.6 is 11.8 Å². The first-order chi connectivity index (χ1) is 17.6. The monoisotopic (exact) mass is 536 g/mol. The van der Waals surface area contributed by atoms with Crippen molar-refractivity contribution in [3.63, 3.8) is 0 Å². The zero-order chi connectivity index (χ0) is 27.5. The Morgan fingerprint density at radius 3 is 1.46 bits per heavy atom. The van der Waals surface area contributed by atoms with Gasteiger partial charge in [0.25, 0.3) is 11.4 Å². The van der Waals surface area contributed by atoms with Gasteiger partial charge in [-0.2, -0.15) is 0 Å². The maximum Gasteiger partial charge on any atom is 0.292 e. The van der Waals surface area contributed by atoms with Gasteiger partial charge in [-0.3, -0.25) is 20.2 Å². The maximum atomic E-state index is 11.5. The molecule has 0 amide bonds. The minimum absolute atomic E-state index is 0.0632. The number of benzene rings is 2. The Kier molecular flexibility index (Phi) is 12.0. The molecule has 204 valence electrons. The van der Waals surface area contributed by atoms with Gasteiger partial charge < -0.3 is 30.6 Å². The molecule has 0 radical (unpaired) electrons. The third-order valence-electron chi connectivity index (χ3n) is 5.59. The molecule has 0 bridgehead atoms. The molecule has 0 fully saturated rings. The van der Waals surface area contributed by atoms with Gasteiger partial charge in [-0.25, -0.2) is 0 Å². The van der Waals surface area contributed by atoms with Crippen molar-refractivity contribution in [2.75, 3.05) is 78.2 Å². The standard InChI is InChI=1S/C24H36N6O6S/c1-27(2)11-9-25-19-13-17(5-7-21(19)29(33)34)23(15-31)37-24(16-32)18-6-8-22(30(35)36)20(14-18)26-10-12-28(3)4/h5-8,13-14,23-26,31-32H,9-12,15-16H2,1-4H3. The van der Waals surface area contributed by atoms with E-state index in [2.05, 4.69) is 10.6 Å². The number of nitrogens with one attached hydrogen (secondary N) is 2. The van der Waals surface area contributed by atoms with Crippen LogP contribution in [0.15, 0.2) is 36.4 Å². The summed E-state index contributed by atoms with van der Waals surface area (Å²) in [5.74, 6) is 0. The van der Waals surface area contributed by atoms with Crippen molar-refractivity contribution < 1.29 is 20.1 Å². The smallest absolute Gasteiger partial charge is 0.292 e. The van der Waals surface area contributed by atoms with Crippen LogP contribution in [0.5, 0.6) is 0 Å². The van der Waals surface area contributed by atoms with Gasteiger partial charge in [-0.15, -0.1) is 11.8 Å². The minimum atomic E-state index is -0.493. The first-order valence-electron chi connectivity index (χ1n) is 11.8. The molecule has 2 aromatic rings.